The number of thiazole rings is 1. The van der Waals surface area contributed by atoms with Gasteiger partial charge in [0.05, 0.1) is 12.3 Å². The van der Waals surface area contributed by atoms with Gasteiger partial charge in [-0.2, -0.15) is 0 Å². The Morgan fingerprint density at radius 2 is 1.97 bits per heavy atom. The van der Waals surface area contributed by atoms with Gasteiger partial charge in [-0.3, -0.25) is 4.90 Å². The highest BCUT2D eigenvalue weighted by molar-refractivity contribution is 7.14. The predicted octanol–water partition coefficient (Wildman–Crippen LogP) is 5.60. The van der Waals surface area contributed by atoms with Gasteiger partial charge in [-0.1, -0.05) is 48.4 Å². The molecule has 1 fully saturated rings. The van der Waals surface area contributed by atoms with Gasteiger partial charge >= 0.3 is 0 Å². The molecule has 152 valence electrons. The highest BCUT2D eigenvalue weighted by Crippen LogP contribution is 2.31. The lowest BCUT2D eigenvalue weighted by Gasteiger charge is -2.34. The topological polar surface area (TPSA) is 48.4 Å². The Balaban J connectivity index is 1.35. The van der Waals surface area contributed by atoms with Crippen molar-refractivity contribution in [3.05, 3.63) is 64.5 Å². The number of likely N-dealkylation sites (tertiary alicyclic amines) is 1. The normalized spacial score (nSPS) is 17.4. The number of anilines is 2. The maximum Gasteiger partial charge on any atom is 0.187 e. The van der Waals surface area contributed by atoms with E-state index in [1.807, 2.05) is 29.6 Å². The van der Waals surface area contributed by atoms with Crippen LogP contribution in [0.3, 0.4) is 0 Å². The zero-order valence-electron chi connectivity index (χ0n) is 16.4. The largest absolute Gasteiger partial charge is 0.395 e. The number of aliphatic hydroxyl groups is 1. The van der Waals surface area contributed by atoms with E-state index in [1.54, 1.807) is 11.3 Å². The Kier molecular flexibility index (Phi) is 6.82. The van der Waals surface area contributed by atoms with Gasteiger partial charge < -0.3 is 10.4 Å². The average molecular weight is 428 g/mol. The Hall–Kier alpha value is -1.92. The number of nitrogens with one attached hydrogen (secondary N) is 1. The lowest BCUT2D eigenvalue weighted by Crippen LogP contribution is -2.42. The van der Waals surface area contributed by atoms with Crippen molar-refractivity contribution in [2.75, 3.05) is 25.0 Å². The van der Waals surface area contributed by atoms with Gasteiger partial charge in [-0.05, 0) is 49.6 Å². The summed E-state index contributed by atoms with van der Waals surface area (Å²) in [6.07, 6.45) is 4.59. The molecule has 0 aliphatic carbocycles. The second-order valence-corrected chi connectivity index (χ2v) is 8.72. The standard InChI is InChI=1S/C23H26ClN3OS/c24-21-7-2-1-6-20(21)22-16-29-23(26-22)25-18-10-8-17(9-11-18)12-14-27-13-4-3-5-19(27)15-28/h1-2,6-11,16,19,28H,3-5,12-15H2,(H,25,26)/t19-/m1/s1. The summed E-state index contributed by atoms with van der Waals surface area (Å²) in [5, 5.41) is 16.5. The molecule has 0 bridgehead atoms. The van der Waals surface area contributed by atoms with E-state index in [4.69, 9.17) is 11.6 Å². The molecule has 0 spiro atoms. The van der Waals surface area contributed by atoms with Crippen LogP contribution in [-0.2, 0) is 6.42 Å². The van der Waals surface area contributed by atoms with Gasteiger partial charge in [0.15, 0.2) is 5.13 Å². The molecule has 1 saturated heterocycles. The van der Waals surface area contributed by atoms with Gasteiger partial charge in [-0.25, -0.2) is 4.98 Å². The second kappa shape index (κ2) is 9.72. The van der Waals surface area contributed by atoms with Crippen LogP contribution in [0.5, 0.6) is 0 Å². The van der Waals surface area contributed by atoms with Crippen LogP contribution < -0.4 is 5.32 Å². The van der Waals surface area contributed by atoms with E-state index in [9.17, 15) is 5.11 Å². The van der Waals surface area contributed by atoms with Crippen molar-refractivity contribution >= 4 is 33.8 Å². The number of benzene rings is 2. The smallest absolute Gasteiger partial charge is 0.187 e. The van der Waals surface area contributed by atoms with Gasteiger partial charge in [-0.15, -0.1) is 11.3 Å². The van der Waals surface area contributed by atoms with Crippen molar-refractivity contribution in [2.45, 2.75) is 31.7 Å². The third-order valence-electron chi connectivity index (χ3n) is 5.51. The molecule has 1 aromatic heterocycles. The molecule has 0 unspecified atom stereocenters. The van der Waals surface area contributed by atoms with Crippen LogP contribution in [0.15, 0.2) is 53.9 Å². The SMILES string of the molecule is OC[C@H]1CCCCN1CCc1ccc(Nc2nc(-c3ccccc3Cl)cs2)cc1. The minimum Gasteiger partial charge on any atom is -0.395 e. The summed E-state index contributed by atoms with van der Waals surface area (Å²) in [5.41, 5.74) is 4.18. The molecule has 1 aliphatic heterocycles. The first kappa shape index (κ1) is 20.4. The van der Waals surface area contributed by atoms with Crippen molar-refractivity contribution < 1.29 is 5.11 Å². The third-order valence-corrected chi connectivity index (χ3v) is 6.59. The maximum absolute atomic E-state index is 9.56. The Labute approximate surface area is 181 Å². The van der Waals surface area contributed by atoms with E-state index in [1.165, 1.54) is 18.4 Å². The number of aromatic nitrogens is 1. The molecule has 4 rings (SSSR count). The molecule has 2 heterocycles. The van der Waals surface area contributed by atoms with Gasteiger partial charge in [0, 0.05) is 34.2 Å². The summed E-state index contributed by atoms with van der Waals surface area (Å²) in [6.45, 7) is 2.38. The number of hydrogen-bond acceptors (Lipinski definition) is 5. The van der Waals surface area contributed by atoms with Crippen LogP contribution in [0.2, 0.25) is 5.02 Å². The maximum atomic E-state index is 9.56. The fraction of sp³-hybridized carbons (Fsp3) is 0.348. The molecule has 29 heavy (non-hydrogen) atoms. The van der Waals surface area contributed by atoms with E-state index >= 15 is 0 Å². The number of nitrogens with zero attached hydrogens (tertiary/aromatic N) is 2. The molecule has 1 atom stereocenters. The molecule has 6 heteroatoms. The van der Waals surface area contributed by atoms with Crippen LogP contribution in [0, 0.1) is 0 Å². The molecule has 2 aromatic carbocycles. The minimum atomic E-state index is 0.271. The highest BCUT2D eigenvalue weighted by Gasteiger charge is 2.20. The van der Waals surface area contributed by atoms with Crippen molar-refractivity contribution in [3.63, 3.8) is 0 Å². The first-order valence-corrected chi connectivity index (χ1v) is 11.4. The molecular weight excluding hydrogens is 402 g/mol. The number of piperidine rings is 1. The molecule has 0 saturated carbocycles. The molecule has 1 aliphatic rings. The van der Waals surface area contributed by atoms with E-state index in [2.05, 4.69) is 39.5 Å². The monoisotopic (exact) mass is 427 g/mol. The van der Waals surface area contributed by atoms with Crippen molar-refractivity contribution in [3.8, 4) is 11.3 Å². The Morgan fingerprint density at radius 1 is 1.14 bits per heavy atom. The van der Waals surface area contributed by atoms with Crippen LogP contribution in [0.4, 0.5) is 10.8 Å². The van der Waals surface area contributed by atoms with Crippen LogP contribution in [0.1, 0.15) is 24.8 Å². The summed E-state index contributed by atoms with van der Waals surface area (Å²) in [4.78, 5) is 7.10. The first-order chi connectivity index (χ1) is 14.2. The van der Waals surface area contributed by atoms with Crippen molar-refractivity contribution in [1.29, 1.82) is 0 Å². The van der Waals surface area contributed by atoms with E-state index < -0.39 is 0 Å². The van der Waals surface area contributed by atoms with Gasteiger partial charge in [0.1, 0.15) is 0 Å². The molecule has 0 amide bonds. The zero-order chi connectivity index (χ0) is 20.1. The predicted molar refractivity (Wildman–Crippen MR) is 122 cm³/mol. The number of hydrogen-bond donors (Lipinski definition) is 2. The van der Waals surface area contributed by atoms with Crippen molar-refractivity contribution in [1.82, 2.24) is 9.88 Å². The van der Waals surface area contributed by atoms with Crippen molar-refractivity contribution in [2.24, 2.45) is 0 Å². The molecule has 0 radical (unpaired) electrons. The second-order valence-electron chi connectivity index (χ2n) is 7.46. The van der Waals surface area contributed by atoms with Gasteiger partial charge in [0.25, 0.3) is 0 Å². The van der Waals surface area contributed by atoms with Crippen LogP contribution in [0.25, 0.3) is 11.3 Å². The summed E-state index contributed by atoms with van der Waals surface area (Å²) < 4.78 is 0. The minimum absolute atomic E-state index is 0.271. The highest BCUT2D eigenvalue weighted by atomic mass is 35.5. The number of aliphatic hydroxyl groups excluding tert-OH is 1. The summed E-state index contributed by atoms with van der Waals surface area (Å²) in [6, 6.07) is 16.6. The number of halogens is 1. The molecular formula is C23H26ClN3OS. The number of rotatable bonds is 7. The molecule has 3 aromatic rings. The quantitative estimate of drug-likeness (QED) is 0.515. The Morgan fingerprint density at radius 3 is 2.76 bits per heavy atom. The summed E-state index contributed by atoms with van der Waals surface area (Å²) in [7, 11) is 0. The third kappa shape index (κ3) is 5.17. The lowest BCUT2D eigenvalue weighted by molar-refractivity contribution is 0.0913. The lowest BCUT2D eigenvalue weighted by atomic mass is 10.0. The van der Waals surface area contributed by atoms with E-state index in [-0.39, 0.29) is 6.61 Å². The van der Waals surface area contributed by atoms with E-state index in [0.717, 1.165) is 48.0 Å². The fourth-order valence-corrected chi connectivity index (χ4v) is 4.80. The summed E-state index contributed by atoms with van der Waals surface area (Å²) in [5.74, 6) is 0. The molecule has 4 nitrogen and oxygen atoms in total. The van der Waals surface area contributed by atoms with Crippen LogP contribution >= 0.6 is 22.9 Å². The van der Waals surface area contributed by atoms with E-state index in [0.29, 0.717) is 11.1 Å². The summed E-state index contributed by atoms with van der Waals surface area (Å²) >= 11 is 7.85. The zero-order valence-corrected chi connectivity index (χ0v) is 17.9. The first-order valence-electron chi connectivity index (χ1n) is 10.1. The fourth-order valence-electron chi connectivity index (χ4n) is 3.84. The molecule has 2 N–H and O–H groups in total. The Bertz CT molecular complexity index is 928. The van der Waals surface area contributed by atoms with Crippen LogP contribution in [-0.4, -0.2) is 40.7 Å². The van der Waals surface area contributed by atoms with Gasteiger partial charge in [0.2, 0.25) is 0 Å². The average Bonchev–Trinajstić information content (AvgIpc) is 3.22.